The molecule has 0 unspecified atom stereocenters. The average molecular weight is 564 g/mol. The first-order valence-corrected chi connectivity index (χ1v) is 14.8. The normalized spacial score (nSPS) is 11.6. The summed E-state index contributed by atoms with van der Waals surface area (Å²) in [4.78, 5) is 4.71. The zero-order valence-electron chi connectivity index (χ0n) is 23.7. The maximum absolute atomic E-state index is 6.77. The second-order valence-corrected chi connectivity index (χ2v) is 11.2. The van der Waals surface area contributed by atoms with Crippen molar-refractivity contribution in [2.24, 2.45) is 0 Å². The van der Waals surface area contributed by atoms with Gasteiger partial charge in [0.2, 0.25) is 0 Å². The van der Waals surface area contributed by atoms with Crippen molar-refractivity contribution in [3.63, 3.8) is 0 Å². The van der Waals surface area contributed by atoms with E-state index in [4.69, 9.17) is 13.8 Å². The number of furan rings is 2. The van der Waals surface area contributed by atoms with Gasteiger partial charge in [0.25, 0.3) is 0 Å². The number of aromatic nitrogens is 1. The van der Waals surface area contributed by atoms with E-state index in [1.54, 1.807) is 0 Å². The van der Waals surface area contributed by atoms with Gasteiger partial charge in [-0.05, 0) is 75.8 Å². The van der Waals surface area contributed by atoms with Gasteiger partial charge in [0.05, 0.1) is 11.1 Å². The van der Waals surface area contributed by atoms with E-state index >= 15 is 0 Å². The second-order valence-electron chi connectivity index (χ2n) is 11.2. The van der Waals surface area contributed by atoms with Crippen LogP contribution >= 0.6 is 0 Å². The molecule has 0 saturated carbocycles. The Labute approximate surface area is 253 Å². The van der Waals surface area contributed by atoms with Crippen LogP contribution in [0.5, 0.6) is 0 Å². The first-order valence-electron chi connectivity index (χ1n) is 14.8. The standard InChI is InChI=1S/C41H25NO2/c1-4-10-26(11-5-1)29-17-19-37-33(22-29)39-32(31-20-21-42-35(24-31)28-14-8-3-9-15-28)25-38-40(41(39)44-37)34-23-30(16-18-36(34)43-38)27-12-6-2-7-13-27/h1-25H. The Kier molecular flexibility index (Phi) is 5.50. The fourth-order valence-corrected chi connectivity index (χ4v) is 6.41. The predicted molar refractivity (Wildman–Crippen MR) is 181 cm³/mol. The van der Waals surface area contributed by atoms with E-state index in [0.717, 1.165) is 77.4 Å². The van der Waals surface area contributed by atoms with E-state index in [0.29, 0.717) is 0 Å². The molecule has 6 aromatic carbocycles. The third kappa shape index (κ3) is 3.94. The van der Waals surface area contributed by atoms with Crippen molar-refractivity contribution in [1.82, 2.24) is 4.98 Å². The fourth-order valence-electron chi connectivity index (χ4n) is 6.41. The van der Waals surface area contributed by atoms with Crippen LogP contribution in [-0.2, 0) is 0 Å². The molecule has 0 atom stereocenters. The minimum Gasteiger partial charge on any atom is -0.456 e. The molecular formula is C41H25NO2. The predicted octanol–water partition coefficient (Wildman–Crippen LogP) is 11.5. The molecule has 0 N–H and O–H groups in total. The van der Waals surface area contributed by atoms with Gasteiger partial charge in [-0.1, -0.05) is 103 Å². The van der Waals surface area contributed by atoms with Gasteiger partial charge in [0, 0.05) is 27.9 Å². The Morgan fingerprint density at radius 3 is 1.59 bits per heavy atom. The lowest BCUT2D eigenvalue weighted by molar-refractivity contribution is 0.663. The SMILES string of the molecule is c1ccc(-c2ccc3oc4c(c(-c5ccnc(-c6ccccc6)c5)cc5oc6ccc(-c7ccccc7)cc6c54)c3c2)cc1. The molecule has 9 rings (SSSR count). The molecule has 3 heterocycles. The van der Waals surface area contributed by atoms with E-state index in [9.17, 15) is 0 Å². The van der Waals surface area contributed by atoms with Crippen molar-refractivity contribution in [3.05, 3.63) is 152 Å². The Morgan fingerprint density at radius 1 is 0.386 bits per heavy atom. The van der Waals surface area contributed by atoms with E-state index in [1.165, 1.54) is 11.1 Å². The Bertz CT molecular complexity index is 2470. The summed E-state index contributed by atoms with van der Waals surface area (Å²) in [5, 5.41) is 4.18. The van der Waals surface area contributed by atoms with Crippen molar-refractivity contribution in [2.75, 3.05) is 0 Å². The van der Waals surface area contributed by atoms with Crippen molar-refractivity contribution >= 4 is 43.9 Å². The van der Waals surface area contributed by atoms with E-state index < -0.39 is 0 Å². The van der Waals surface area contributed by atoms with Crippen LogP contribution in [0.1, 0.15) is 0 Å². The van der Waals surface area contributed by atoms with Crippen LogP contribution < -0.4 is 0 Å². The van der Waals surface area contributed by atoms with Crippen LogP contribution in [0.2, 0.25) is 0 Å². The number of hydrogen-bond donors (Lipinski definition) is 0. The van der Waals surface area contributed by atoms with Crippen molar-refractivity contribution in [1.29, 1.82) is 0 Å². The Hall–Kier alpha value is -5.93. The van der Waals surface area contributed by atoms with E-state index in [2.05, 4.69) is 115 Å². The summed E-state index contributed by atoms with van der Waals surface area (Å²) in [5.41, 5.74) is 12.1. The molecular weight excluding hydrogens is 538 g/mol. The molecule has 0 spiro atoms. The van der Waals surface area contributed by atoms with E-state index in [1.807, 2.05) is 36.5 Å². The smallest absolute Gasteiger partial charge is 0.147 e. The lowest BCUT2D eigenvalue weighted by Crippen LogP contribution is -1.87. The van der Waals surface area contributed by atoms with E-state index in [-0.39, 0.29) is 0 Å². The molecule has 0 saturated heterocycles. The topological polar surface area (TPSA) is 39.2 Å². The number of nitrogens with zero attached hydrogens (tertiary/aromatic N) is 1. The monoisotopic (exact) mass is 563 g/mol. The number of benzene rings is 6. The first kappa shape index (κ1) is 24.6. The molecule has 0 aliphatic carbocycles. The molecule has 0 aliphatic rings. The van der Waals surface area contributed by atoms with Gasteiger partial charge >= 0.3 is 0 Å². The van der Waals surface area contributed by atoms with Crippen LogP contribution in [0.3, 0.4) is 0 Å². The molecule has 3 nitrogen and oxygen atoms in total. The summed E-state index contributed by atoms with van der Waals surface area (Å²) in [6, 6.07) is 50.5. The average Bonchev–Trinajstić information content (AvgIpc) is 3.67. The van der Waals surface area contributed by atoms with Crippen molar-refractivity contribution in [3.8, 4) is 44.6 Å². The van der Waals surface area contributed by atoms with Crippen LogP contribution in [0.25, 0.3) is 88.5 Å². The highest BCUT2D eigenvalue weighted by Gasteiger charge is 2.22. The lowest BCUT2D eigenvalue weighted by atomic mass is 9.95. The molecule has 9 aromatic rings. The maximum Gasteiger partial charge on any atom is 0.147 e. The van der Waals surface area contributed by atoms with Gasteiger partial charge in [-0.15, -0.1) is 0 Å². The van der Waals surface area contributed by atoms with Crippen LogP contribution in [0.4, 0.5) is 0 Å². The summed E-state index contributed by atoms with van der Waals surface area (Å²) in [7, 11) is 0. The third-order valence-corrected chi connectivity index (χ3v) is 8.53. The maximum atomic E-state index is 6.77. The minimum atomic E-state index is 0.799. The van der Waals surface area contributed by atoms with Crippen LogP contribution in [0.15, 0.2) is 161 Å². The number of fused-ring (bicyclic) bond motifs is 7. The largest absolute Gasteiger partial charge is 0.456 e. The van der Waals surface area contributed by atoms with Crippen molar-refractivity contribution in [2.45, 2.75) is 0 Å². The van der Waals surface area contributed by atoms with Crippen LogP contribution in [-0.4, -0.2) is 4.98 Å². The zero-order chi connectivity index (χ0) is 29.0. The summed E-state index contributed by atoms with van der Waals surface area (Å²) in [5.74, 6) is 0. The summed E-state index contributed by atoms with van der Waals surface area (Å²) >= 11 is 0. The number of pyridine rings is 1. The van der Waals surface area contributed by atoms with Gasteiger partial charge in [0.1, 0.15) is 22.3 Å². The quantitative estimate of drug-likeness (QED) is 0.214. The molecule has 3 aromatic heterocycles. The highest BCUT2D eigenvalue weighted by Crippen LogP contribution is 2.46. The molecule has 3 heteroatoms. The van der Waals surface area contributed by atoms with Crippen LogP contribution in [0, 0.1) is 0 Å². The number of hydrogen-bond acceptors (Lipinski definition) is 3. The lowest BCUT2D eigenvalue weighted by Gasteiger charge is -2.08. The summed E-state index contributed by atoms with van der Waals surface area (Å²) < 4.78 is 13.3. The molecule has 0 bridgehead atoms. The molecule has 0 radical (unpaired) electrons. The Morgan fingerprint density at radius 2 is 0.955 bits per heavy atom. The third-order valence-electron chi connectivity index (χ3n) is 8.53. The van der Waals surface area contributed by atoms with Gasteiger partial charge in [-0.25, -0.2) is 0 Å². The molecule has 0 amide bonds. The highest BCUT2D eigenvalue weighted by atomic mass is 16.3. The molecule has 0 aliphatic heterocycles. The van der Waals surface area contributed by atoms with Gasteiger partial charge in [0.15, 0.2) is 0 Å². The molecule has 206 valence electrons. The summed E-state index contributed by atoms with van der Waals surface area (Å²) in [6.45, 7) is 0. The van der Waals surface area contributed by atoms with Gasteiger partial charge in [-0.2, -0.15) is 0 Å². The zero-order valence-corrected chi connectivity index (χ0v) is 23.7. The minimum absolute atomic E-state index is 0.799. The molecule has 44 heavy (non-hydrogen) atoms. The van der Waals surface area contributed by atoms with Crippen molar-refractivity contribution < 1.29 is 8.83 Å². The fraction of sp³-hybridized carbons (Fsp3) is 0. The van der Waals surface area contributed by atoms with Gasteiger partial charge in [-0.3, -0.25) is 4.98 Å². The van der Waals surface area contributed by atoms with Gasteiger partial charge < -0.3 is 8.83 Å². The number of rotatable bonds is 4. The second kappa shape index (κ2) is 9.82. The molecule has 0 fully saturated rings. The Balaban J connectivity index is 1.37. The highest BCUT2D eigenvalue weighted by molar-refractivity contribution is 6.26. The summed E-state index contributed by atoms with van der Waals surface area (Å²) in [6.07, 6.45) is 1.89. The first-order chi connectivity index (χ1) is 21.8.